The van der Waals surface area contributed by atoms with Crippen LogP contribution in [0.25, 0.3) is 0 Å². The third kappa shape index (κ3) is 16.6. The Hall–Kier alpha value is -3.92. The van der Waals surface area contributed by atoms with Crippen molar-refractivity contribution in [3.8, 4) is 0 Å². The number of unbranched alkanes of at least 4 members (excludes halogenated alkanes) is 2. The van der Waals surface area contributed by atoms with Crippen LogP contribution < -0.4 is 10.6 Å². The Labute approximate surface area is 261 Å². The van der Waals surface area contributed by atoms with Crippen LogP contribution in [0.5, 0.6) is 0 Å². The second kappa shape index (κ2) is 21.7. The molecule has 0 unspecified atom stereocenters. The van der Waals surface area contributed by atoms with Gasteiger partial charge in [0.25, 0.3) is 0 Å². The number of alkyl carbamates (subject to hydrolysis) is 2. The van der Waals surface area contributed by atoms with Gasteiger partial charge in [0.05, 0.1) is 7.11 Å². The second-order valence-corrected chi connectivity index (χ2v) is 11.0. The fraction of sp³-hybridized carbons (Fsp3) is 0.529. The number of ether oxygens (including phenoxy) is 3. The fourth-order valence-electron chi connectivity index (χ4n) is 4.75. The molecule has 242 valence electrons. The maximum absolute atomic E-state index is 12.8. The summed E-state index contributed by atoms with van der Waals surface area (Å²) in [6, 6.07) is 18.2. The Kier molecular flexibility index (Phi) is 17.9. The molecule has 0 saturated heterocycles. The van der Waals surface area contributed by atoms with Gasteiger partial charge in [-0.15, -0.1) is 0 Å². The van der Waals surface area contributed by atoms with E-state index in [1.165, 1.54) is 7.11 Å². The van der Waals surface area contributed by atoms with Gasteiger partial charge in [0.1, 0.15) is 19.0 Å². The number of benzene rings is 2. The number of rotatable bonds is 21. The zero-order valence-electron chi connectivity index (χ0n) is 26.4. The number of methoxy groups -OCH3 is 1. The molecule has 0 aliphatic rings. The Morgan fingerprint density at radius 2 is 1.25 bits per heavy atom. The van der Waals surface area contributed by atoms with Crippen molar-refractivity contribution in [2.24, 2.45) is 0 Å². The van der Waals surface area contributed by atoms with Crippen molar-refractivity contribution in [1.82, 2.24) is 15.5 Å². The molecular formula is C34H49N3O7. The van der Waals surface area contributed by atoms with Crippen molar-refractivity contribution in [2.75, 3.05) is 26.7 Å². The number of amides is 2. The minimum absolute atomic E-state index is 0.0944. The lowest BCUT2D eigenvalue weighted by molar-refractivity contribution is -0.140. The normalized spacial score (nSPS) is 12.2. The van der Waals surface area contributed by atoms with Gasteiger partial charge in [0, 0.05) is 38.0 Å². The lowest BCUT2D eigenvalue weighted by Gasteiger charge is -2.31. The summed E-state index contributed by atoms with van der Waals surface area (Å²) in [6.07, 6.45) is 4.15. The van der Waals surface area contributed by atoms with Gasteiger partial charge in [-0.1, -0.05) is 86.8 Å². The van der Waals surface area contributed by atoms with E-state index in [2.05, 4.69) is 22.5 Å². The average Bonchev–Trinajstić information content (AvgIpc) is 3.02. The standard InChI is InChI=1S/C34H49N3O7/c1-4-5-8-19-30(35-33(40)43-25-28-15-9-6-10-16-28)23-37(22-13-14-27(2)38)24-31(20-21-32(39)42-3)36-34(41)44-26-29-17-11-7-12-18-29/h6-7,9-12,15-18,30-31H,4-5,8,13-14,19-26H2,1-3H3,(H,35,40)(H,36,41)/t30-,31-/m0/s1. The number of carbonyl (C=O) groups excluding carboxylic acids is 4. The number of Topliss-reactive ketones (excluding diaryl/α,β-unsaturated/α-hetero) is 1. The molecule has 0 fully saturated rings. The van der Waals surface area contributed by atoms with Crippen molar-refractivity contribution >= 4 is 23.9 Å². The van der Waals surface area contributed by atoms with Gasteiger partial charge < -0.3 is 29.6 Å². The molecule has 0 aromatic heterocycles. The smallest absolute Gasteiger partial charge is 0.407 e. The summed E-state index contributed by atoms with van der Waals surface area (Å²) >= 11 is 0. The first-order valence-electron chi connectivity index (χ1n) is 15.5. The van der Waals surface area contributed by atoms with Crippen LogP contribution in [-0.2, 0) is 37.0 Å². The molecule has 0 spiro atoms. The average molecular weight is 612 g/mol. The minimum atomic E-state index is -0.588. The maximum Gasteiger partial charge on any atom is 0.407 e. The minimum Gasteiger partial charge on any atom is -0.469 e. The molecule has 0 aliphatic heterocycles. The van der Waals surface area contributed by atoms with Crippen molar-refractivity contribution in [2.45, 2.75) is 90.5 Å². The molecule has 2 aromatic rings. The van der Waals surface area contributed by atoms with Crippen LogP contribution in [0.3, 0.4) is 0 Å². The SMILES string of the molecule is CCCCC[C@@H](CN(CCCC(C)=O)C[C@H](CCC(=O)OC)NC(=O)OCc1ccccc1)NC(=O)OCc1ccccc1. The van der Waals surface area contributed by atoms with Crippen molar-refractivity contribution in [1.29, 1.82) is 0 Å². The molecule has 2 atom stereocenters. The highest BCUT2D eigenvalue weighted by molar-refractivity contribution is 5.75. The highest BCUT2D eigenvalue weighted by atomic mass is 16.6. The summed E-state index contributed by atoms with van der Waals surface area (Å²) in [6.45, 7) is 5.41. The highest BCUT2D eigenvalue weighted by Crippen LogP contribution is 2.11. The number of carbonyl (C=O) groups is 4. The zero-order valence-corrected chi connectivity index (χ0v) is 26.4. The van der Waals surface area contributed by atoms with Crippen LogP contribution in [0.2, 0.25) is 0 Å². The molecule has 0 bridgehead atoms. The molecule has 10 heteroatoms. The van der Waals surface area contributed by atoms with Gasteiger partial charge in [0.15, 0.2) is 0 Å². The Balaban J connectivity index is 2.12. The van der Waals surface area contributed by atoms with Crippen LogP contribution >= 0.6 is 0 Å². The highest BCUT2D eigenvalue weighted by Gasteiger charge is 2.23. The van der Waals surface area contributed by atoms with E-state index in [-0.39, 0.29) is 37.4 Å². The van der Waals surface area contributed by atoms with Crippen LogP contribution in [-0.4, -0.2) is 67.7 Å². The fourth-order valence-corrected chi connectivity index (χ4v) is 4.75. The van der Waals surface area contributed by atoms with E-state index in [1.807, 2.05) is 60.7 Å². The molecular weight excluding hydrogens is 562 g/mol. The topological polar surface area (TPSA) is 123 Å². The first kappa shape index (κ1) is 36.3. The van der Waals surface area contributed by atoms with E-state index in [0.717, 1.165) is 36.8 Å². The maximum atomic E-state index is 12.8. The molecule has 0 aliphatic carbocycles. The summed E-state index contributed by atoms with van der Waals surface area (Å²) in [5, 5.41) is 5.94. The Morgan fingerprint density at radius 1 is 0.727 bits per heavy atom. The number of hydrogen-bond acceptors (Lipinski definition) is 8. The number of hydrogen-bond donors (Lipinski definition) is 2. The van der Waals surface area contributed by atoms with Crippen LogP contribution in [0.4, 0.5) is 9.59 Å². The predicted octanol–water partition coefficient (Wildman–Crippen LogP) is 5.78. The lowest BCUT2D eigenvalue weighted by Crippen LogP contribution is -2.49. The largest absolute Gasteiger partial charge is 0.469 e. The van der Waals surface area contributed by atoms with Crippen molar-refractivity contribution in [3.05, 3.63) is 71.8 Å². The van der Waals surface area contributed by atoms with Crippen LogP contribution in [0.1, 0.15) is 76.3 Å². The second-order valence-electron chi connectivity index (χ2n) is 11.0. The number of nitrogens with zero attached hydrogens (tertiary/aromatic N) is 1. The Morgan fingerprint density at radius 3 is 1.73 bits per heavy atom. The van der Waals surface area contributed by atoms with Gasteiger partial charge in [-0.25, -0.2) is 9.59 Å². The van der Waals surface area contributed by atoms with E-state index in [4.69, 9.17) is 14.2 Å². The summed E-state index contributed by atoms with van der Waals surface area (Å²) in [5.74, 6) is -0.283. The predicted molar refractivity (Wildman–Crippen MR) is 169 cm³/mol. The summed E-state index contributed by atoms with van der Waals surface area (Å²) in [7, 11) is 1.33. The molecule has 2 amide bonds. The van der Waals surface area contributed by atoms with E-state index >= 15 is 0 Å². The molecule has 0 radical (unpaired) electrons. The van der Waals surface area contributed by atoms with E-state index in [9.17, 15) is 19.2 Å². The van der Waals surface area contributed by atoms with Gasteiger partial charge in [-0.3, -0.25) is 9.69 Å². The molecule has 0 saturated carbocycles. The molecule has 2 N–H and O–H groups in total. The molecule has 2 rings (SSSR count). The zero-order chi connectivity index (χ0) is 32.0. The molecule has 2 aromatic carbocycles. The van der Waals surface area contributed by atoms with Gasteiger partial charge in [-0.2, -0.15) is 0 Å². The summed E-state index contributed by atoms with van der Waals surface area (Å²) < 4.78 is 15.8. The number of nitrogens with one attached hydrogen (secondary N) is 2. The van der Waals surface area contributed by atoms with E-state index in [0.29, 0.717) is 38.9 Å². The van der Waals surface area contributed by atoms with Crippen LogP contribution in [0.15, 0.2) is 60.7 Å². The monoisotopic (exact) mass is 611 g/mol. The molecule has 0 heterocycles. The summed E-state index contributed by atoms with van der Waals surface area (Å²) in [4.78, 5) is 51.4. The Bertz CT molecular complexity index is 1110. The van der Waals surface area contributed by atoms with Gasteiger partial charge >= 0.3 is 18.2 Å². The quantitative estimate of drug-likeness (QED) is 0.103. The molecule has 10 nitrogen and oxygen atoms in total. The third-order valence-electron chi connectivity index (χ3n) is 7.11. The van der Waals surface area contributed by atoms with Crippen molar-refractivity contribution in [3.63, 3.8) is 0 Å². The van der Waals surface area contributed by atoms with Crippen molar-refractivity contribution < 1.29 is 33.4 Å². The van der Waals surface area contributed by atoms with E-state index in [1.54, 1.807) is 6.92 Å². The first-order chi connectivity index (χ1) is 21.3. The molecule has 44 heavy (non-hydrogen) atoms. The van der Waals surface area contributed by atoms with E-state index < -0.39 is 18.2 Å². The summed E-state index contributed by atoms with van der Waals surface area (Å²) in [5.41, 5.74) is 1.76. The number of esters is 1. The third-order valence-corrected chi connectivity index (χ3v) is 7.11. The van der Waals surface area contributed by atoms with Crippen LogP contribution in [0, 0.1) is 0 Å². The lowest BCUT2D eigenvalue weighted by atomic mass is 10.1. The van der Waals surface area contributed by atoms with Gasteiger partial charge in [0.2, 0.25) is 0 Å². The first-order valence-corrected chi connectivity index (χ1v) is 15.5. The number of ketones is 1. The van der Waals surface area contributed by atoms with Gasteiger partial charge in [-0.05, 0) is 43.9 Å².